The molecule has 2 aliphatic rings. The molecule has 2 fully saturated rings. The number of fused-ring (bicyclic) bond motifs is 1. The van der Waals surface area contributed by atoms with Crippen molar-refractivity contribution in [3.05, 3.63) is 28.4 Å². The normalized spacial score (nSPS) is 26.9. The zero-order valence-electron chi connectivity index (χ0n) is 16.7. The van der Waals surface area contributed by atoms with Crippen LogP contribution in [0, 0.1) is 0 Å². The standard InChI is InChI=1S/C18H25N3O9/c1-18(2)29-12-10(9-27-17(25)26-8-4-3-7-22)28-16(13(12)30-18)21-6-5-20-11(14(19)23)15(21)24/h5-6,10,12-13,16,22H,3-4,7-9H2,1-2H3,(H2,19,23)/t10-,12-,13-,16-/m1/s1. The predicted molar refractivity (Wildman–Crippen MR) is 98.4 cm³/mol. The number of aliphatic hydroxyl groups excluding tert-OH is 1. The Morgan fingerprint density at radius 1 is 1.27 bits per heavy atom. The van der Waals surface area contributed by atoms with Gasteiger partial charge in [-0.2, -0.15) is 0 Å². The van der Waals surface area contributed by atoms with Crippen molar-refractivity contribution in [1.82, 2.24) is 9.55 Å². The minimum absolute atomic E-state index is 0.0117. The number of carbonyl (C=O) groups is 2. The van der Waals surface area contributed by atoms with Crippen LogP contribution in [0.1, 0.15) is 43.4 Å². The smallest absolute Gasteiger partial charge is 0.434 e. The molecule has 2 saturated heterocycles. The van der Waals surface area contributed by atoms with E-state index in [1.165, 1.54) is 12.4 Å². The largest absolute Gasteiger partial charge is 0.508 e. The van der Waals surface area contributed by atoms with E-state index in [1.807, 2.05) is 0 Å². The van der Waals surface area contributed by atoms with Crippen LogP contribution in [0.4, 0.5) is 4.79 Å². The molecule has 1 amide bonds. The minimum atomic E-state index is -0.961. The third-order valence-electron chi connectivity index (χ3n) is 4.64. The lowest BCUT2D eigenvalue weighted by Crippen LogP contribution is -2.37. The monoisotopic (exact) mass is 427 g/mol. The maximum absolute atomic E-state index is 12.6. The molecule has 3 rings (SSSR count). The fraction of sp³-hybridized carbons (Fsp3) is 0.667. The number of amides is 1. The van der Waals surface area contributed by atoms with Gasteiger partial charge in [0.05, 0.1) is 6.61 Å². The van der Waals surface area contributed by atoms with Crippen LogP contribution in [0.3, 0.4) is 0 Å². The molecular weight excluding hydrogens is 402 g/mol. The molecule has 3 heterocycles. The van der Waals surface area contributed by atoms with Gasteiger partial charge in [0, 0.05) is 19.0 Å². The summed E-state index contributed by atoms with van der Waals surface area (Å²) in [4.78, 5) is 39.5. The molecule has 0 saturated carbocycles. The maximum Gasteiger partial charge on any atom is 0.508 e. The first-order chi connectivity index (χ1) is 14.2. The molecule has 12 nitrogen and oxygen atoms in total. The summed E-state index contributed by atoms with van der Waals surface area (Å²) < 4.78 is 28.8. The van der Waals surface area contributed by atoms with E-state index in [4.69, 9.17) is 34.5 Å². The number of carbonyl (C=O) groups excluding carboxylic acids is 2. The molecule has 3 N–H and O–H groups in total. The number of unbranched alkanes of at least 4 members (excludes halogenated alkanes) is 1. The molecule has 0 unspecified atom stereocenters. The first kappa shape index (κ1) is 22.2. The topological polar surface area (TPSA) is 161 Å². The van der Waals surface area contributed by atoms with Gasteiger partial charge in [-0.05, 0) is 26.7 Å². The lowest BCUT2D eigenvalue weighted by Gasteiger charge is -2.24. The van der Waals surface area contributed by atoms with Gasteiger partial charge < -0.3 is 34.5 Å². The Morgan fingerprint density at radius 3 is 2.70 bits per heavy atom. The van der Waals surface area contributed by atoms with Gasteiger partial charge in [-0.3, -0.25) is 14.2 Å². The Labute approximate surface area is 171 Å². The average Bonchev–Trinajstić information content (AvgIpc) is 3.16. The highest BCUT2D eigenvalue weighted by Gasteiger charge is 2.56. The number of aliphatic hydroxyl groups is 1. The van der Waals surface area contributed by atoms with E-state index in [2.05, 4.69) is 4.98 Å². The summed E-state index contributed by atoms with van der Waals surface area (Å²) >= 11 is 0. The second kappa shape index (κ2) is 9.08. The number of primary amides is 1. The van der Waals surface area contributed by atoms with Crippen molar-refractivity contribution in [2.75, 3.05) is 19.8 Å². The van der Waals surface area contributed by atoms with Gasteiger partial charge in [0.15, 0.2) is 17.7 Å². The van der Waals surface area contributed by atoms with Gasteiger partial charge in [-0.1, -0.05) is 0 Å². The summed E-state index contributed by atoms with van der Waals surface area (Å²) in [5.74, 6) is -1.92. The van der Waals surface area contributed by atoms with E-state index in [-0.39, 0.29) is 19.8 Å². The Balaban J connectivity index is 1.72. The fourth-order valence-corrected chi connectivity index (χ4v) is 3.37. The fourth-order valence-electron chi connectivity index (χ4n) is 3.37. The number of rotatable bonds is 8. The first-order valence-electron chi connectivity index (χ1n) is 9.52. The van der Waals surface area contributed by atoms with E-state index >= 15 is 0 Å². The summed E-state index contributed by atoms with van der Waals surface area (Å²) in [6.07, 6.45) is -0.275. The predicted octanol–water partition coefficient (Wildman–Crippen LogP) is -0.315. The molecular formula is C18H25N3O9. The van der Waals surface area contributed by atoms with E-state index < -0.39 is 53.6 Å². The molecule has 30 heavy (non-hydrogen) atoms. The summed E-state index contributed by atoms with van der Waals surface area (Å²) in [7, 11) is 0. The van der Waals surface area contributed by atoms with Crippen molar-refractivity contribution in [2.45, 2.75) is 57.0 Å². The van der Waals surface area contributed by atoms with Gasteiger partial charge in [0.25, 0.3) is 11.5 Å². The van der Waals surface area contributed by atoms with Gasteiger partial charge >= 0.3 is 6.16 Å². The molecule has 2 aliphatic heterocycles. The third kappa shape index (κ3) is 4.78. The van der Waals surface area contributed by atoms with Crippen molar-refractivity contribution in [3.8, 4) is 0 Å². The van der Waals surface area contributed by atoms with E-state index in [1.54, 1.807) is 13.8 Å². The van der Waals surface area contributed by atoms with Crippen molar-refractivity contribution in [2.24, 2.45) is 5.73 Å². The van der Waals surface area contributed by atoms with Crippen molar-refractivity contribution in [3.63, 3.8) is 0 Å². The molecule has 12 heteroatoms. The maximum atomic E-state index is 12.6. The number of hydrogen-bond acceptors (Lipinski definition) is 10. The number of ether oxygens (including phenoxy) is 5. The quantitative estimate of drug-likeness (QED) is 0.415. The number of hydrogen-bond donors (Lipinski definition) is 2. The molecule has 166 valence electrons. The van der Waals surface area contributed by atoms with E-state index in [9.17, 15) is 14.4 Å². The number of aromatic nitrogens is 2. The van der Waals surface area contributed by atoms with Gasteiger partial charge in [-0.15, -0.1) is 0 Å². The Hall–Kier alpha value is -2.54. The molecule has 0 bridgehead atoms. The molecule has 0 aromatic carbocycles. The second-order valence-corrected chi connectivity index (χ2v) is 7.32. The molecule has 1 aromatic heterocycles. The zero-order chi connectivity index (χ0) is 21.9. The highest BCUT2D eigenvalue weighted by molar-refractivity contribution is 5.90. The summed E-state index contributed by atoms with van der Waals surface area (Å²) in [5.41, 5.74) is 4.04. The lowest BCUT2D eigenvalue weighted by atomic mass is 10.1. The van der Waals surface area contributed by atoms with Crippen molar-refractivity contribution < 1.29 is 38.4 Å². The van der Waals surface area contributed by atoms with E-state index in [0.29, 0.717) is 12.8 Å². The third-order valence-corrected chi connectivity index (χ3v) is 4.64. The molecule has 1 aromatic rings. The van der Waals surface area contributed by atoms with Crippen LogP contribution in [0.5, 0.6) is 0 Å². The van der Waals surface area contributed by atoms with E-state index in [0.717, 1.165) is 4.57 Å². The van der Waals surface area contributed by atoms with Crippen LogP contribution in [-0.4, -0.2) is 70.6 Å². The van der Waals surface area contributed by atoms with Crippen LogP contribution in [-0.2, 0) is 23.7 Å². The van der Waals surface area contributed by atoms with Crippen LogP contribution in [0.2, 0.25) is 0 Å². The van der Waals surface area contributed by atoms with Crippen LogP contribution < -0.4 is 11.3 Å². The molecule has 0 radical (unpaired) electrons. The number of nitrogens with zero attached hydrogens (tertiary/aromatic N) is 2. The summed E-state index contributed by atoms with van der Waals surface area (Å²) in [5, 5.41) is 8.73. The molecule has 0 aliphatic carbocycles. The minimum Gasteiger partial charge on any atom is -0.434 e. The highest BCUT2D eigenvalue weighted by Crippen LogP contribution is 2.42. The van der Waals surface area contributed by atoms with Crippen molar-refractivity contribution >= 4 is 12.1 Å². The van der Waals surface area contributed by atoms with Gasteiger partial charge in [-0.25, -0.2) is 9.78 Å². The average molecular weight is 427 g/mol. The first-order valence-corrected chi connectivity index (χ1v) is 9.52. The Morgan fingerprint density at radius 2 is 2.00 bits per heavy atom. The van der Waals surface area contributed by atoms with Gasteiger partial charge in [0.1, 0.15) is 24.9 Å². The zero-order valence-corrected chi connectivity index (χ0v) is 16.7. The Bertz CT molecular complexity index is 840. The SMILES string of the molecule is CC1(C)O[C@@H]2[C@H](O1)[C@@H](COC(=O)OCCCCO)O[C@H]2n1ccnc(C(N)=O)c1=O. The van der Waals surface area contributed by atoms with Crippen LogP contribution >= 0.6 is 0 Å². The van der Waals surface area contributed by atoms with Gasteiger partial charge in [0.2, 0.25) is 0 Å². The van der Waals surface area contributed by atoms with Crippen molar-refractivity contribution in [1.29, 1.82) is 0 Å². The molecule has 0 spiro atoms. The molecule has 4 atom stereocenters. The van der Waals surface area contributed by atoms with Crippen LogP contribution in [0.25, 0.3) is 0 Å². The summed E-state index contributed by atoms with van der Waals surface area (Å²) in [6.45, 7) is 3.35. The summed E-state index contributed by atoms with van der Waals surface area (Å²) in [6, 6.07) is 0. The lowest BCUT2D eigenvalue weighted by molar-refractivity contribution is -0.201. The van der Waals surface area contributed by atoms with Crippen LogP contribution in [0.15, 0.2) is 17.2 Å². The number of nitrogens with two attached hydrogens (primary N) is 1. The highest BCUT2D eigenvalue weighted by atomic mass is 16.8. The second-order valence-electron chi connectivity index (χ2n) is 7.32. The Kier molecular flexibility index (Phi) is 6.71.